The number of rotatable bonds is 8. The molecule has 1 atom stereocenters. The van der Waals surface area contributed by atoms with Crippen molar-refractivity contribution in [3.63, 3.8) is 0 Å². The lowest BCUT2D eigenvalue weighted by Crippen LogP contribution is -2.32. The molecular weight excluding hydrogens is 168 g/mol. The molecule has 0 aromatic heterocycles. The monoisotopic (exact) mass is 188 g/mol. The highest BCUT2D eigenvalue weighted by molar-refractivity contribution is 5.81. The molecular formula is C9H20N2O2. The van der Waals surface area contributed by atoms with E-state index < -0.39 is 0 Å². The van der Waals surface area contributed by atoms with Crippen LogP contribution in [0.1, 0.15) is 26.2 Å². The van der Waals surface area contributed by atoms with Crippen molar-refractivity contribution in [2.24, 2.45) is 0 Å². The van der Waals surface area contributed by atoms with E-state index in [-0.39, 0.29) is 18.6 Å². The second kappa shape index (κ2) is 8.16. The number of likely N-dealkylation sites (N-methyl/N-ethyl adjacent to an activating group) is 1. The summed E-state index contributed by atoms with van der Waals surface area (Å²) in [7, 11) is 1.80. The SMILES string of the molecule is CN[C@@H](CCCCNCO)C(C)=O. The molecule has 0 bridgehead atoms. The van der Waals surface area contributed by atoms with Gasteiger partial charge in [-0.3, -0.25) is 10.1 Å². The van der Waals surface area contributed by atoms with E-state index in [0.717, 1.165) is 25.8 Å². The van der Waals surface area contributed by atoms with Crippen LogP contribution in [0.25, 0.3) is 0 Å². The van der Waals surface area contributed by atoms with Gasteiger partial charge >= 0.3 is 0 Å². The maximum absolute atomic E-state index is 11.0. The number of hydrogen-bond donors (Lipinski definition) is 3. The molecule has 78 valence electrons. The average molecular weight is 188 g/mol. The molecule has 13 heavy (non-hydrogen) atoms. The van der Waals surface area contributed by atoms with Gasteiger partial charge in [-0.2, -0.15) is 0 Å². The Morgan fingerprint density at radius 2 is 2.15 bits per heavy atom. The lowest BCUT2D eigenvalue weighted by atomic mass is 10.1. The van der Waals surface area contributed by atoms with E-state index in [0.29, 0.717) is 0 Å². The van der Waals surface area contributed by atoms with Crippen LogP contribution in [-0.4, -0.2) is 37.3 Å². The number of carbonyl (C=O) groups excluding carboxylic acids is 1. The minimum atomic E-state index is -0.00544. The Kier molecular flexibility index (Phi) is 7.88. The van der Waals surface area contributed by atoms with Crippen LogP contribution in [0.4, 0.5) is 0 Å². The summed E-state index contributed by atoms with van der Waals surface area (Å²) in [4.78, 5) is 11.0. The van der Waals surface area contributed by atoms with Gasteiger partial charge in [0.05, 0.1) is 12.8 Å². The number of unbranched alkanes of at least 4 members (excludes halogenated alkanes) is 1. The molecule has 0 spiro atoms. The maximum atomic E-state index is 11.0. The van der Waals surface area contributed by atoms with Crippen LogP contribution < -0.4 is 10.6 Å². The lowest BCUT2D eigenvalue weighted by molar-refractivity contribution is -0.119. The standard InChI is InChI=1S/C9H20N2O2/c1-8(13)9(10-2)5-3-4-6-11-7-12/h9-12H,3-7H2,1-2H3/t9-/m0/s1. The van der Waals surface area contributed by atoms with Crippen molar-refractivity contribution in [3.8, 4) is 0 Å². The minimum Gasteiger partial charge on any atom is -0.381 e. The first-order valence-corrected chi connectivity index (χ1v) is 4.71. The third-order valence-corrected chi connectivity index (χ3v) is 2.05. The molecule has 0 unspecified atom stereocenters. The van der Waals surface area contributed by atoms with E-state index in [1.54, 1.807) is 14.0 Å². The first-order valence-electron chi connectivity index (χ1n) is 4.71. The highest BCUT2D eigenvalue weighted by Crippen LogP contribution is 2.00. The van der Waals surface area contributed by atoms with Gasteiger partial charge in [0.1, 0.15) is 5.78 Å². The average Bonchev–Trinajstić information content (AvgIpc) is 2.10. The predicted molar refractivity (Wildman–Crippen MR) is 52.5 cm³/mol. The molecule has 0 heterocycles. The molecule has 0 fully saturated rings. The molecule has 0 aliphatic carbocycles. The molecule has 4 nitrogen and oxygen atoms in total. The minimum absolute atomic E-state index is 0.00544. The summed E-state index contributed by atoms with van der Waals surface area (Å²) < 4.78 is 0. The summed E-state index contributed by atoms with van der Waals surface area (Å²) in [6.07, 6.45) is 2.86. The summed E-state index contributed by atoms with van der Waals surface area (Å²) in [6, 6.07) is -0.00544. The highest BCUT2D eigenvalue weighted by Gasteiger charge is 2.09. The van der Waals surface area contributed by atoms with E-state index in [4.69, 9.17) is 5.11 Å². The fourth-order valence-corrected chi connectivity index (χ4v) is 1.23. The maximum Gasteiger partial charge on any atom is 0.146 e. The van der Waals surface area contributed by atoms with Crippen LogP contribution in [0, 0.1) is 0 Å². The Balaban J connectivity index is 3.33. The van der Waals surface area contributed by atoms with Crippen LogP contribution in [0.3, 0.4) is 0 Å². The molecule has 4 heteroatoms. The Hall–Kier alpha value is -0.450. The van der Waals surface area contributed by atoms with Crippen molar-refractivity contribution in [2.45, 2.75) is 32.2 Å². The van der Waals surface area contributed by atoms with Crippen LogP contribution in [0.5, 0.6) is 0 Å². The molecule has 0 aromatic carbocycles. The van der Waals surface area contributed by atoms with Crippen molar-refractivity contribution in [2.75, 3.05) is 20.3 Å². The molecule has 0 amide bonds. The zero-order valence-corrected chi connectivity index (χ0v) is 8.47. The summed E-state index contributed by atoms with van der Waals surface area (Å²) in [5.41, 5.74) is 0. The van der Waals surface area contributed by atoms with Gasteiger partial charge in [-0.15, -0.1) is 0 Å². The molecule has 3 N–H and O–H groups in total. The lowest BCUT2D eigenvalue weighted by Gasteiger charge is -2.11. The fraction of sp³-hybridized carbons (Fsp3) is 0.889. The van der Waals surface area contributed by atoms with Crippen molar-refractivity contribution >= 4 is 5.78 Å². The number of carbonyl (C=O) groups is 1. The van der Waals surface area contributed by atoms with Crippen molar-refractivity contribution in [1.29, 1.82) is 0 Å². The summed E-state index contributed by atoms with van der Waals surface area (Å²) in [5.74, 6) is 0.192. The Bertz CT molecular complexity index is 140. The quantitative estimate of drug-likeness (QED) is 0.367. The van der Waals surface area contributed by atoms with E-state index in [9.17, 15) is 4.79 Å². The molecule has 0 aliphatic rings. The van der Waals surface area contributed by atoms with Crippen LogP contribution in [0.2, 0.25) is 0 Å². The molecule has 0 aliphatic heterocycles. The van der Waals surface area contributed by atoms with Gasteiger partial charge in [-0.25, -0.2) is 0 Å². The number of aliphatic hydroxyl groups is 1. The number of nitrogens with one attached hydrogen (secondary N) is 2. The number of Topliss-reactive ketones (excluding diaryl/α,β-unsaturated/α-hetero) is 1. The third-order valence-electron chi connectivity index (χ3n) is 2.05. The largest absolute Gasteiger partial charge is 0.381 e. The zero-order valence-electron chi connectivity index (χ0n) is 8.47. The Labute approximate surface area is 79.7 Å². The van der Waals surface area contributed by atoms with Gasteiger partial charge < -0.3 is 10.4 Å². The molecule has 0 saturated carbocycles. The van der Waals surface area contributed by atoms with Gasteiger partial charge in [-0.1, -0.05) is 6.42 Å². The molecule has 0 aromatic rings. The van der Waals surface area contributed by atoms with Crippen molar-refractivity contribution in [3.05, 3.63) is 0 Å². The number of aliphatic hydroxyl groups excluding tert-OH is 1. The van der Waals surface area contributed by atoms with Crippen molar-refractivity contribution in [1.82, 2.24) is 10.6 Å². The van der Waals surface area contributed by atoms with E-state index in [1.807, 2.05) is 0 Å². The highest BCUT2D eigenvalue weighted by atomic mass is 16.3. The van der Waals surface area contributed by atoms with Gasteiger partial charge in [0.25, 0.3) is 0 Å². The van der Waals surface area contributed by atoms with Crippen LogP contribution in [-0.2, 0) is 4.79 Å². The van der Waals surface area contributed by atoms with Gasteiger partial charge in [-0.05, 0) is 33.4 Å². The number of hydrogen-bond acceptors (Lipinski definition) is 4. The van der Waals surface area contributed by atoms with E-state index in [2.05, 4.69) is 10.6 Å². The normalized spacial score (nSPS) is 12.8. The summed E-state index contributed by atoms with van der Waals surface area (Å²) in [5, 5.41) is 14.2. The molecule has 0 saturated heterocycles. The van der Waals surface area contributed by atoms with Gasteiger partial charge in [0.2, 0.25) is 0 Å². The first-order chi connectivity index (χ1) is 6.22. The van der Waals surface area contributed by atoms with Crippen molar-refractivity contribution < 1.29 is 9.90 Å². The first kappa shape index (κ1) is 12.6. The third kappa shape index (κ3) is 6.69. The summed E-state index contributed by atoms with van der Waals surface area (Å²) >= 11 is 0. The van der Waals surface area contributed by atoms with Gasteiger partial charge in [0, 0.05) is 0 Å². The van der Waals surface area contributed by atoms with E-state index in [1.165, 1.54) is 0 Å². The zero-order chi connectivity index (χ0) is 10.1. The van der Waals surface area contributed by atoms with Gasteiger partial charge in [0.15, 0.2) is 0 Å². The van der Waals surface area contributed by atoms with E-state index >= 15 is 0 Å². The van der Waals surface area contributed by atoms with Crippen LogP contribution in [0.15, 0.2) is 0 Å². The smallest absolute Gasteiger partial charge is 0.146 e. The Morgan fingerprint density at radius 1 is 1.46 bits per heavy atom. The fourth-order valence-electron chi connectivity index (χ4n) is 1.23. The summed E-state index contributed by atoms with van der Waals surface area (Å²) in [6.45, 7) is 2.44. The topological polar surface area (TPSA) is 61.4 Å². The molecule has 0 radical (unpaired) electrons. The van der Waals surface area contributed by atoms with Crippen LogP contribution >= 0.6 is 0 Å². The second-order valence-corrected chi connectivity index (χ2v) is 3.11. The molecule has 0 rings (SSSR count). The predicted octanol–water partition coefficient (Wildman–Crippen LogP) is -0.127. The Morgan fingerprint density at radius 3 is 2.62 bits per heavy atom. The second-order valence-electron chi connectivity index (χ2n) is 3.11. The number of ketones is 1.